The fourth-order valence-corrected chi connectivity index (χ4v) is 7.42. The maximum absolute atomic E-state index is 12.5. The smallest absolute Gasteiger partial charge is 0.335 e. The molecule has 57 heavy (non-hydrogen) atoms. The lowest BCUT2D eigenvalue weighted by Crippen LogP contribution is -2.71. The summed E-state index contributed by atoms with van der Waals surface area (Å²) < 4.78 is 17.6. The number of aliphatic hydroxyl groups excluding tert-OH is 3. The minimum Gasteiger partial charge on any atom is -0.508 e. The van der Waals surface area contributed by atoms with E-state index < -0.39 is 48.2 Å². The molecule has 3 aromatic carbocycles. The topological polar surface area (TPSA) is 234 Å². The SMILES string of the molecule is CCc1ccccc1C=CCC(C)C(CNCC1(O)C(Oc2ccc3c(c2)OC(C(N)=O)C(c2ccc(O)cc2)=C3O)OC(C(=O)O)C(O)C1O)CC1=CCN=C1. The number of aliphatic hydroxyl groups is 4. The average molecular weight is 784 g/mol. The number of allylic oxidation sites excluding steroid dienone is 2. The summed E-state index contributed by atoms with van der Waals surface area (Å²) in [6, 6.07) is 18.1. The fourth-order valence-electron chi connectivity index (χ4n) is 7.42. The van der Waals surface area contributed by atoms with E-state index in [0.717, 1.165) is 24.0 Å². The molecule has 0 saturated carbocycles. The molecule has 9 N–H and O–H groups in total. The fraction of sp³-hybridized carbons (Fsp3) is 0.372. The second kappa shape index (κ2) is 17.7. The number of rotatable bonds is 16. The molecule has 8 atom stereocenters. The normalized spacial score (nSPS) is 25.4. The maximum atomic E-state index is 12.5. The van der Waals surface area contributed by atoms with Crippen LogP contribution in [0, 0.1) is 11.8 Å². The summed E-state index contributed by atoms with van der Waals surface area (Å²) in [7, 11) is 0. The van der Waals surface area contributed by atoms with Crippen molar-refractivity contribution in [3.05, 3.63) is 107 Å². The van der Waals surface area contributed by atoms with Crippen molar-refractivity contribution in [3.63, 3.8) is 0 Å². The zero-order valence-corrected chi connectivity index (χ0v) is 31.7. The molecule has 0 aliphatic carbocycles. The molecule has 1 amide bonds. The van der Waals surface area contributed by atoms with Crippen LogP contribution in [0.25, 0.3) is 17.4 Å². The maximum Gasteiger partial charge on any atom is 0.335 e. The first-order chi connectivity index (χ1) is 27.3. The third-order valence-corrected chi connectivity index (χ3v) is 10.8. The summed E-state index contributed by atoms with van der Waals surface area (Å²) in [5.41, 5.74) is 7.39. The van der Waals surface area contributed by atoms with Gasteiger partial charge in [-0.3, -0.25) is 9.79 Å². The van der Waals surface area contributed by atoms with Crippen molar-refractivity contribution >= 4 is 35.5 Å². The highest BCUT2D eigenvalue weighted by Gasteiger charge is 2.58. The van der Waals surface area contributed by atoms with E-state index in [2.05, 4.69) is 54.5 Å². The van der Waals surface area contributed by atoms with Gasteiger partial charge in [0.15, 0.2) is 11.7 Å². The van der Waals surface area contributed by atoms with Crippen molar-refractivity contribution < 1.29 is 54.4 Å². The largest absolute Gasteiger partial charge is 0.508 e. The zero-order valence-electron chi connectivity index (χ0n) is 31.7. The second-order valence-electron chi connectivity index (χ2n) is 14.7. The van der Waals surface area contributed by atoms with Crippen LogP contribution < -0.4 is 20.5 Å². The van der Waals surface area contributed by atoms with Crippen molar-refractivity contribution in [2.24, 2.45) is 22.6 Å². The Hall–Kier alpha value is -5.51. The number of aryl methyl sites for hydroxylation is 1. The van der Waals surface area contributed by atoms with E-state index in [1.165, 1.54) is 48.0 Å². The van der Waals surface area contributed by atoms with Gasteiger partial charge in [0, 0.05) is 18.8 Å². The van der Waals surface area contributed by atoms with E-state index in [4.69, 9.17) is 19.9 Å². The number of primary amides is 1. The number of benzene rings is 3. The van der Waals surface area contributed by atoms with Crippen LogP contribution in [0.2, 0.25) is 0 Å². The van der Waals surface area contributed by atoms with Crippen LogP contribution in [0.4, 0.5) is 0 Å². The Bertz CT molecular complexity index is 2060. The Kier molecular flexibility index (Phi) is 12.8. The van der Waals surface area contributed by atoms with E-state index in [-0.39, 0.29) is 52.5 Å². The highest BCUT2D eigenvalue weighted by Crippen LogP contribution is 2.42. The number of carboxylic acid groups (broad SMARTS) is 1. The number of carbonyl (C=O) groups is 2. The Morgan fingerprint density at radius 2 is 1.86 bits per heavy atom. The number of nitrogens with one attached hydrogen (secondary N) is 1. The van der Waals surface area contributed by atoms with Crippen LogP contribution in [0.15, 0.2) is 89.4 Å². The Morgan fingerprint density at radius 3 is 2.54 bits per heavy atom. The van der Waals surface area contributed by atoms with Crippen LogP contribution >= 0.6 is 0 Å². The molecule has 14 heteroatoms. The van der Waals surface area contributed by atoms with E-state index in [0.29, 0.717) is 25.1 Å². The van der Waals surface area contributed by atoms with Gasteiger partial charge in [-0.05, 0) is 84.2 Å². The lowest BCUT2D eigenvalue weighted by atomic mass is 9.84. The first-order valence-electron chi connectivity index (χ1n) is 18.9. The molecule has 1 fully saturated rings. The quantitative estimate of drug-likeness (QED) is 0.104. The number of phenolic OH excluding ortho intramolecular Hbond substituents is 1. The standard InChI is InChI=1S/C43H49N3O11/c1-3-26-8-4-5-9-27(26)10-6-7-24(2)29(19-25-17-18-45-21-25)22-46-23-43(54)39(50)36(49)38(41(52)53)57-42(43)55-31-15-16-32-33(20-31)56-37(40(44)51)34(35(32)48)28-11-13-30(47)14-12-28/h4-6,8-17,20-21,24,29,36-39,42,46-50,54H,3,7,18-19,22-23H2,1-2H3,(H2,44,51)(H,52,53). The second-order valence-corrected chi connectivity index (χ2v) is 14.7. The molecule has 0 aromatic heterocycles. The number of aromatic hydroxyl groups is 1. The minimum absolute atomic E-state index is 0.0281. The highest BCUT2D eigenvalue weighted by atomic mass is 16.7. The van der Waals surface area contributed by atoms with Gasteiger partial charge < -0.3 is 55.9 Å². The Labute approximate surface area is 330 Å². The highest BCUT2D eigenvalue weighted by molar-refractivity contribution is 6.03. The summed E-state index contributed by atoms with van der Waals surface area (Å²) in [5, 5.41) is 68.2. The third kappa shape index (κ3) is 9.06. The number of aliphatic carboxylic acids is 1. The van der Waals surface area contributed by atoms with Crippen molar-refractivity contribution in [1.29, 1.82) is 0 Å². The van der Waals surface area contributed by atoms with E-state index in [1.807, 2.05) is 18.3 Å². The van der Waals surface area contributed by atoms with Crippen LogP contribution in [0.3, 0.4) is 0 Å². The number of carbonyl (C=O) groups excluding carboxylic acids is 1. The number of amides is 1. The van der Waals surface area contributed by atoms with Gasteiger partial charge in [-0.2, -0.15) is 0 Å². The first kappa shape index (κ1) is 41.1. The Morgan fingerprint density at radius 1 is 1.11 bits per heavy atom. The number of nitrogens with zero attached hydrogens (tertiary/aromatic N) is 1. The van der Waals surface area contributed by atoms with Gasteiger partial charge in [0.2, 0.25) is 12.4 Å². The number of phenols is 1. The molecule has 302 valence electrons. The predicted octanol–water partition coefficient (Wildman–Crippen LogP) is 3.61. The molecular formula is C43H49N3O11. The zero-order chi connectivity index (χ0) is 40.9. The van der Waals surface area contributed by atoms with Gasteiger partial charge in [-0.1, -0.05) is 68.5 Å². The van der Waals surface area contributed by atoms with E-state index >= 15 is 0 Å². The van der Waals surface area contributed by atoms with Crippen LogP contribution in [-0.4, -0.2) is 105 Å². The van der Waals surface area contributed by atoms with Gasteiger partial charge in [0.05, 0.1) is 17.7 Å². The molecule has 3 heterocycles. The Balaban J connectivity index is 1.22. The van der Waals surface area contributed by atoms with Gasteiger partial charge in [-0.15, -0.1) is 0 Å². The van der Waals surface area contributed by atoms with Gasteiger partial charge in [-0.25, -0.2) is 4.79 Å². The average Bonchev–Trinajstić information content (AvgIpc) is 3.71. The molecule has 0 bridgehead atoms. The molecule has 0 radical (unpaired) electrons. The van der Waals surface area contributed by atoms with Crippen LogP contribution in [0.5, 0.6) is 17.2 Å². The number of carboxylic acids is 1. The number of nitrogens with two attached hydrogens (primary N) is 1. The van der Waals surface area contributed by atoms with Crippen LogP contribution in [-0.2, 0) is 20.7 Å². The molecule has 8 unspecified atom stereocenters. The number of ether oxygens (including phenoxy) is 3. The molecule has 3 aromatic rings. The lowest BCUT2D eigenvalue weighted by Gasteiger charge is -2.47. The minimum atomic E-state index is -2.38. The lowest BCUT2D eigenvalue weighted by molar-refractivity contribution is -0.311. The number of hydrogen-bond acceptors (Lipinski definition) is 12. The molecule has 3 aliphatic rings. The predicted molar refractivity (Wildman–Crippen MR) is 213 cm³/mol. The van der Waals surface area contributed by atoms with Crippen molar-refractivity contribution in [1.82, 2.24) is 5.32 Å². The molecule has 14 nitrogen and oxygen atoms in total. The van der Waals surface area contributed by atoms with Crippen molar-refractivity contribution in [2.75, 3.05) is 19.6 Å². The van der Waals surface area contributed by atoms with Crippen LogP contribution in [0.1, 0.15) is 48.9 Å². The van der Waals surface area contributed by atoms with Gasteiger partial charge in [0.25, 0.3) is 5.91 Å². The number of aliphatic imine (C=N–C) groups is 1. The number of hydrogen-bond donors (Lipinski definition) is 8. The molecule has 6 rings (SSSR count). The monoisotopic (exact) mass is 783 g/mol. The van der Waals surface area contributed by atoms with Crippen molar-refractivity contribution in [2.45, 2.75) is 69.4 Å². The van der Waals surface area contributed by atoms with Gasteiger partial charge >= 0.3 is 5.97 Å². The van der Waals surface area contributed by atoms with Gasteiger partial charge in [0.1, 0.15) is 35.2 Å². The number of fused-ring (bicyclic) bond motifs is 1. The van der Waals surface area contributed by atoms with E-state index in [1.54, 1.807) is 0 Å². The summed E-state index contributed by atoms with van der Waals surface area (Å²) in [5.74, 6) is -2.73. The molecular weight excluding hydrogens is 734 g/mol. The molecule has 3 aliphatic heterocycles. The van der Waals surface area contributed by atoms with Crippen molar-refractivity contribution in [3.8, 4) is 17.2 Å². The third-order valence-electron chi connectivity index (χ3n) is 10.8. The summed E-state index contributed by atoms with van der Waals surface area (Å²) in [4.78, 5) is 28.9. The first-order valence-corrected chi connectivity index (χ1v) is 18.9. The summed E-state index contributed by atoms with van der Waals surface area (Å²) in [6.07, 6.45) is 1.28. The molecule has 1 saturated heterocycles. The molecule has 0 spiro atoms. The van der Waals surface area contributed by atoms with E-state index in [9.17, 15) is 40.2 Å². The summed E-state index contributed by atoms with van der Waals surface area (Å²) in [6.45, 7) is 4.85. The summed E-state index contributed by atoms with van der Waals surface area (Å²) >= 11 is 0.